The highest BCUT2D eigenvalue weighted by atomic mass is 79.9. The van der Waals surface area contributed by atoms with Crippen LogP contribution in [-0.2, 0) is 21.2 Å². The van der Waals surface area contributed by atoms with Crippen molar-refractivity contribution in [3.8, 4) is 0 Å². The summed E-state index contributed by atoms with van der Waals surface area (Å²) < 4.78 is 24.9. The molecule has 0 radical (unpaired) electrons. The molecular formula is C9H8BrClN2O3S. The smallest absolute Gasteiger partial charge is 0.242 e. The topological polar surface area (TPSA) is 75.3 Å². The summed E-state index contributed by atoms with van der Waals surface area (Å²) in [6.07, 6.45) is 0.232. The van der Waals surface area contributed by atoms with Crippen LogP contribution in [0.25, 0.3) is 0 Å². The van der Waals surface area contributed by atoms with E-state index in [2.05, 4.69) is 26.0 Å². The van der Waals surface area contributed by atoms with Gasteiger partial charge in [-0.2, -0.15) is 0 Å². The second-order valence-corrected chi connectivity index (χ2v) is 6.97. The molecule has 1 aliphatic rings. The van der Waals surface area contributed by atoms with E-state index in [-0.39, 0.29) is 27.7 Å². The van der Waals surface area contributed by atoms with E-state index >= 15 is 0 Å². The first-order chi connectivity index (χ1) is 7.91. The Bertz CT molecular complexity index is 588. The van der Waals surface area contributed by atoms with Gasteiger partial charge in [0.2, 0.25) is 15.9 Å². The van der Waals surface area contributed by atoms with Crippen LogP contribution in [0.3, 0.4) is 0 Å². The third kappa shape index (κ3) is 2.72. The summed E-state index contributed by atoms with van der Waals surface area (Å²) in [5, 5.41) is 2.88. The molecule has 0 fully saturated rings. The van der Waals surface area contributed by atoms with Crippen LogP contribution in [0.2, 0.25) is 5.02 Å². The molecule has 1 aliphatic heterocycles. The van der Waals surface area contributed by atoms with E-state index in [1.54, 1.807) is 6.07 Å². The maximum Gasteiger partial charge on any atom is 0.242 e. The molecule has 1 aromatic rings. The van der Waals surface area contributed by atoms with Gasteiger partial charge in [0.15, 0.2) is 0 Å². The second kappa shape index (κ2) is 4.47. The predicted molar refractivity (Wildman–Crippen MR) is 70.1 cm³/mol. The Morgan fingerprint density at radius 1 is 1.47 bits per heavy atom. The van der Waals surface area contributed by atoms with Gasteiger partial charge in [0.05, 0.1) is 17.1 Å². The molecule has 0 spiro atoms. The number of hydrogen-bond acceptors (Lipinski definition) is 3. The average Bonchev–Trinajstić information content (AvgIpc) is 2.58. The van der Waals surface area contributed by atoms with Crippen molar-refractivity contribution in [3.63, 3.8) is 0 Å². The standard InChI is InChI=1S/C9H8BrClN2O3S/c10-4-17(15,16)13-8-1-5-2-9(14)12-7(5)3-6(8)11/h1,3,13H,2,4H2,(H,12,14). The zero-order chi connectivity index (χ0) is 12.6. The summed E-state index contributed by atoms with van der Waals surface area (Å²) in [5.74, 6) is -0.128. The molecule has 1 amide bonds. The van der Waals surface area contributed by atoms with Gasteiger partial charge in [-0.05, 0) is 17.7 Å². The van der Waals surface area contributed by atoms with E-state index in [1.165, 1.54) is 6.07 Å². The van der Waals surface area contributed by atoms with Gasteiger partial charge < -0.3 is 5.32 Å². The van der Waals surface area contributed by atoms with Crippen LogP contribution in [-0.4, -0.2) is 19.0 Å². The molecule has 0 unspecified atom stereocenters. The van der Waals surface area contributed by atoms with E-state index in [1.807, 2.05) is 0 Å². The average molecular weight is 340 g/mol. The fourth-order valence-corrected chi connectivity index (χ4v) is 2.69. The molecule has 0 saturated carbocycles. The van der Waals surface area contributed by atoms with Crippen LogP contribution in [0.4, 0.5) is 11.4 Å². The number of carbonyl (C=O) groups is 1. The van der Waals surface area contributed by atoms with Crippen molar-refractivity contribution in [2.24, 2.45) is 0 Å². The Morgan fingerprint density at radius 3 is 2.82 bits per heavy atom. The van der Waals surface area contributed by atoms with E-state index in [9.17, 15) is 13.2 Å². The summed E-state index contributed by atoms with van der Waals surface area (Å²) in [6.45, 7) is 0. The number of halogens is 2. The predicted octanol–water partition coefficient (Wildman–Crippen LogP) is 1.93. The van der Waals surface area contributed by atoms with Crippen molar-refractivity contribution >= 4 is 54.8 Å². The number of nitrogens with one attached hydrogen (secondary N) is 2. The monoisotopic (exact) mass is 338 g/mol. The minimum atomic E-state index is -3.45. The van der Waals surface area contributed by atoms with Crippen LogP contribution in [0.15, 0.2) is 12.1 Å². The maximum atomic E-state index is 11.4. The van der Waals surface area contributed by atoms with Gasteiger partial charge >= 0.3 is 0 Å². The number of anilines is 2. The maximum absolute atomic E-state index is 11.4. The van der Waals surface area contributed by atoms with Crippen molar-refractivity contribution < 1.29 is 13.2 Å². The molecule has 1 heterocycles. The summed E-state index contributed by atoms with van der Waals surface area (Å²) in [7, 11) is -3.45. The molecule has 0 saturated heterocycles. The number of benzene rings is 1. The van der Waals surface area contributed by atoms with Gasteiger partial charge in [0, 0.05) is 5.69 Å². The highest BCUT2D eigenvalue weighted by molar-refractivity contribution is 9.10. The quantitative estimate of drug-likeness (QED) is 0.826. The molecule has 0 bridgehead atoms. The Hall–Kier alpha value is -0.790. The van der Waals surface area contributed by atoms with E-state index < -0.39 is 10.0 Å². The van der Waals surface area contributed by atoms with Gasteiger partial charge in [-0.1, -0.05) is 27.5 Å². The van der Waals surface area contributed by atoms with E-state index in [0.717, 1.165) is 5.56 Å². The van der Waals surface area contributed by atoms with Crippen LogP contribution < -0.4 is 10.0 Å². The lowest BCUT2D eigenvalue weighted by molar-refractivity contribution is -0.115. The summed E-state index contributed by atoms with van der Waals surface area (Å²) in [5.41, 5.74) is 1.63. The summed E-state index contributed by atoms with van der Waals surface area (Å²) >= 11 is 8.79. The van der Waals surface area contributed by atoms with Crippen molar-refractivity contribution in [2.75, 3.05) is 14.7 Å². The van der Waals surface area contributed by atoms with Crippen molar-refractivity contribution in [2.45, 2.75) is 6.42 Å². The highest BCUT2D eigenvalue weighted by Crippen LogP contribution is 2.33. The summed E-state index contributed by atoms with van der Waals surface area (Å²) in [4.78, 5) is 11.2. The fourth-order valence-electron chi connectivity index (χ4n) is 1.52. The van der Waals surface area contributed by atoms with Crippen molar-refractivity contribution in [1.29, 1.82) is 0 Å². The van der Waals surface area contributed by atoms with Gasteiger partial charge in [0.25, 0.3) is 0 Å². The molecule has 0 aliphatic carbocycles. The third-order valence-corrected chi connectivity index (χ3v) is 5.17. The molecule has 2 rings (SSSR count). The lowest BCUT2D eigenvalue weighted by Gasteiger charge is -2.09. The first kappa shape index (κ1) is 12.7. The fraction of sp³-hybridized carbons (Fsp3) is 0.222. The molecule has 92 valence electrons. The molecular weight excluding hydrogens is 332 g/mol. The Labute approximate surface area is 112 Å². The SMILES string of the molecule is O=C1Cc2cc(NS(=O)(=O)CBr)c(Cl)cc2N1. The Balaban J connectivity index is 2.38. The number of amides is 1. The number of carbonyl (C=O) groups excluding carboxylic acids is 1. The molecule has 2 N–H and O–H groups in total. The van der Waals surface area contributed by atoms with Crippen LogP contribution in [0.5, 0.6) is 0 Å². The van der Waals surface area contributed by atoms with Gasteiger partial charge in [-0.3, -0.25) is 9.52 Å². The minimum Gasteiger partial charge on any atom is -0.325 e. The van der Waals surface area contributed by atoms with Gasteiger partial charge in [-0.25, -0.2) is 8.42 Å². The third-order valence-electron chi connectivity index (χ3n) is 2.23. The molecule has 17 heavy (non-hydrogen) atoms. The lowest BCUT2D eigenvalue weighted by Crippen LogP contribution is -2.13. The first-order valence-electron chi connectivity index (χ1n) is 4.60. The number of sulfonamides is 1. The molecule has 5 nitrogen and oxygen atoms in total. The van der Waals surface area contributed by atoms with Gasteiger partial charge in [0.1, 0.15) is 4.66 Å². The van der Waals surface area contributed by atoms with Crippen molar-refractivity contribution in [3.05, 3.63) is 22.7 Å². The highest BCUT2D eigenvalue weighted by Gasteiger charge is 2.21. The first-order valence-corrected chi connectivity index (χ1v) is 7.75. The number of alkyl halides is 1. The van der Waals surface area contributed by atoms with E-state index in [0.29, 0.717) is 5.69 Å². The van der Waals surface area contributed by atoms with Crippen LogP contribution >= 0.6 is 27.5 Å². The van der Waals surface area contributed by atoms with Crippen molar-refractivity contribution in [1.82, 2.24) is 0 Å². The minimum absolute atomic E-state index is 0.128. The van der Waals surface area contributed by atoms with Gasteiger partial charge in [-0.15, -0.1) is 0 Å². The zero-order valence-corrected chi connectivity index (χ0v) is 11.6. The lowest BCUT2D eigenvalue weighted by atomic mass is 10.1. The Morgan fingerprint density at radius 2 is 2.18 bits per heavy atom. The van der Waals surface area contributed by atoms with E-state index in [4.69, 9.17) is 11.6 Å². The number of hydrogen-bond donors (Lipinski definition) is 2. The zero-order valence-electron chi connectivity index (χ0n) is 8.46. The second-order valence-electron chi connectivity index (χ2n) is 3.54. The largest absolute Gasteiger partial charge is 0.325 e. The molecule has 1 aromatic carbocycles. The molecule has 8 heteroatoms. The normalized spacial score (nSPS) is 14.4. The number of fused-ring (bicyclic) bond motifs is 1. The molecule has 0 atom stereocenters. The Kier molecular flexibility index (Phi) is 3.33. The van der Waals surface area contributed by atoms with Crippen LogP contribution in [0, 0.1) is 0 Å². The number of rotatable bonds is 3. The molecule has 0 aromatic heterocycles. The summed E-state index contributed by atoms with van der Waals surface area (Å²) in [6, 6.07) is 3.10. The van der Waals surface area contributed by atoms with Crippen LogP contribution in [0.1, 0.15) is 5.56 Å².